The first kappa shape index (κ1) is 54.0. The molecule has 0 aliphatic carbocycles. The fourth-order valence-electron chi connectivity index (χ4n) is 2.00. The fourth-order valence-corrected chi connectivity index (χ4v) is 2.00. The Morgan fingerprint density at radius 3 is 0.814 bits per heavy atom. The van der Waals surface area contributed by atoms with Gasteiger partial charge >= 0.3 is 12.3 Å². The van der Waals surface area contributed by atoms with Crippen molar-refractivity contribution in [3.8, 4) is 0 Å². The van der Waals surface area contributed by atoms with Crippen LogP contribution in [0.3, 0.4) is 0 Å². The molecular weight excluding hydrogens is 548 g/mol. The van der Waals surface area contributed by atoms with Crippen LogP contribution in [0.25, 0.3) is 0 Å². The van der Waals surface area contributed by atoms with Gasteiger partial charge in [0.15, 0.2) is 0 Å². The lowest BCUT2D eigenvalue weighted by Gasteiger charge is -2.49. The number of rotatable bonds is 6. The summed E-state index contributed by atoms with van der Waals surface area (Å²) in [7, 11) is 4.36. The summed E-state index contributed by atoms with van der Waals surface area (Å²) < 4.78 is 31.0. The molecule has 0 radical (unpaired) electrons. The molecule has 0 atom stereocenters. The molecule has 0 N–H and O–H groups in total. The van der Waals surface area contributed by atoms with Crippen molar-refractivity contribution >= 4 is 12.3 Å². The van der Waals surface area contributed by atoms with E-state index >= 15 is 0 Å². The maximum Gasteiger partial charge on any atom is 0.508 e. The van der Waals surface area contributed by atoms with Crippen molar-refractivity contribution in [3.05, 3.63) is 0 Å². The Morgan fingerprint density at radius 1 is 0.372 bits per heavy atom. The van der Waals surface area contributed by atoms with Crippen molar-refractivity contribution in [3.63, 3.8) is 0 Å². The number of methoxy groups -OCH3 is 3. The largest absolute Gasteiger partial charge is 0.508 e. The van der Waals surface area contributed by atoms with Gasteiger partial charge in [0.25, 0.3) is 0 Å². The first-order chi connectivity index (χ1) is 17.2. The summed E-state index contributed by atoms with van der Waals surface area (Å²) in [6.45, 7) is 38.4. The number of hydrogen-bond donors (Lipinski definition) is 0. The normalized spacial score (nSPS) is 12.7. The van der Waals surface area contributed by atoms with Gasteiger partial charge in [-0.15, -0.1) is 0 Å². The van der Waals surface area contributed by atoms with Crippen molar-refractivity contribution in [2.45, 2.75) is 182 Å². The minimum absolute atomic E-state index is 0. The number of ether oxygens (including phenoxy) is 6. The van der Waals surface area contributed by atoms with E-state index in [2.05, 4.69) is 64.9 Å². The van der Waals surface area contributed by atoms with Crippen LogP contribution in [0.2, 0.25) is 0 Å². The molecule has 0 spiro atoms. The van der Waals surface area contributed by atoms with E-state index in [9.17, 15) is 9.59 Å². The van der Waals surface area contributed by atoms with Gasteiger partial charge in [-0.25, -0.2) is 9.59 Å². The van der Waals surface area contributed by atoms with E-state index in [-0.39, 0.29) is 49.7 Å². The Labute approximate surface area is 269 Å². The number of hydrogen-bond acceptors (Lipinski definition) is 8. The van der Waals surface area contributed by atoms with E-state index < -0.39 is 29.1 Å². The van der Waals surface area contributed by atoms with Crippen LogP contribution in [-0.4, -0.2) is 61.6 Å². The van der Waals surface area contributed by atoms with Gasteiger partial charge in [-0.05, 0) is 80.1 Å². The lowest BCUT2D eigenvalue weighted by Crippen LogP contribution is -2.56. The van der Waals surface area contributed by atoms with Crippen LogP contribution in [0.1, 0.15) is 154 Å². The smallest absolute Gasteiger partial charge is 0.438 e. The average molecular weight is 627 g/mol. The van der Waals surface area contributed by atoms with Gasteiger partial charge in [-0.1, -0.05) is 84.6 Å². The third-order valence-corrected chi connectivity index (χ3v) is 8.90. The fraction of sp³-hybridized carbons (Fsp3) is 0.943. The second-order valence-corrected chi connectivity index (χ2v) is 15.7. The lowest BCUT2D eigenvalue weighted by molar-refractivity contribution is -0.233. The van der Waals surface area contributed by atoms with Crippen molar-refractivity contribution in [2.24, 2.45) is 16.2 Å². The summed E-state index contributed by atoms with van der Waals surface area (Å²) in [6.07, 6.45) is -1.33. The van der Waals surface area contributed by atoms with Crippen molar-refractivity contribution < 1.29 is 38.0 Å². The molecule has 0 saturated heterocycles. The van der Waals surface area contributed by atoms with Crippen LogP contribution in [-0.2, 0) is 28.4 Å². The Bertz CT molecular complexity index is 771. The molecule has 0 aromatic carbocycles. The molecule has 0 unspecified atom stereocenters. The SMILES string of the molecule is C.C.C.COC(=O)OC(C)(C)C(C)(C)C.COC(=O)OC(C)(C)C(C)(C)OC(C)(C)C(C)(C)C.COC(C)(C)C(C)(C)C. The molecule has 0 aromatic heterocycles. The molecule has 8 heteroatoms. The molecule has 43 heavy (non-hydrogen) atoms. The Kier molecular flexibility index (Phi) is 23.1. The van der Waals surface area contributed by atoms with Gasteiger partial charge in [0.05, 0.1) is 25.4 Å². The van der Waals surface area contributed by atoms with Crippen molar-refractivity contribution in [1.29, 1.82) is 0 Å². The monoisotopic (exact) mass is 627 g/mol. The van der Waals surface area contributed by atoms with Gasteiger partial charge in [0, 0.05) is 12.5 Å². The maximum atomic E-state index is 11.3. The Balaban J connectivity index is -0.000000124. The van der Waals surface area contributed by atoms with Gasteiger partial charge in [0.1, 0.15) is 16.8 Å². The predicted molar refractivity (Wildman–Crippen MR) is 184 cm³/mol. The molecule has 0 aromatic rings. The Hall–Kier alpha value is -1.54. The van der Waals surface area contributed by atoms with E-state index in [1.54, 1.807) is 7.11 Å². The highest BCUT2D eigenvalue weighted by Crippen LogP contribution is 2.41. The van der Waals surface area contributed by atoms with Gasteiger partial charge in [-0.2, -0.15) is 0 Å². The van der Waals surface area contributed by atoms with Gasteiger partial charge < -0.3 is 28.4 Å². The zero-order valence-electron chi connectivity index (χ0n) is 30.3. The third kappa shape index (κ3) is 18.1. The highest BCUT2D eigenvalue weighted by Gasteiger charge is 2.48. The Morgan fingerprint density at radius 2 is 0.628 bits per heavy atom. The van der Waals surface area contributed by atoms with E-state index in [0.29, 0.717) is 0 Å². The summed E-state index contributed by atoms with van der Waals surface area (Å²) in [5.41, 5.74) is -2.27. The number of carbonyl (C=O) groups is 2. The summed E-state index contributed by atoms with van der Waals surface area (Å²) in [5.74, 6) is 0. The molecule has 0 heterocycles. The minimum atomic E-state index is -0.803. The number of carbonyl (C=O) groups excluding carboxylic acids is 2. The molecular formula is C35H78O8. The van der Waals surface area contributed by atoms with Crippen LogP contribution >= 0.6 is 0 Å². The summed E-state index contributed by atoms with van der Waals surface area (Å²) in [6, 6.07) is 0. The average Bonchev–Trinajstić information content (AvgIpc) is 2.70. The third-order valence-electron chi connectivity index (χ3n) is 8.90. The molecule has 0 aliphatic rings. The molecule has 0 saturated carbocycles. The van der Waals surface area contributed by atoms with Gasteiger partial charge in [-0.3, -0.25) is 0 Å². The van der Waals surface area contributed by atoms with E-state index in [0.717, 1.165) is 0 Å². The van der Waals surface area contributed by atoms with E-state index in [1.165, 1.54) is 14.2 Å². The topological polar surface area (TPSA) is 89.5 Å². The van der Waals surface area contributed by atoms with Crippen LogP contribution in [0, 0.1) is 16.2 Å². The van der Waals surface area contributed by atoms with Crippen LogP contribution in [0.15, 0.2) is 0 Å². The molecule has 0 amide bonds. The molecule has 0 rings (SSSR count). The second-order valence-electron chi connectivity index (χ2n) is 15.7. The zero-order chi connectivity index (χ0) is 33.4. The molecule has 0 aliphatic heterocycles. The van der Waals surface area contributed by atoms with Crippen LogP contribution in [0.5, 0.6) is 0 Å². The molecule has 0 fully saturated rings. The van der Waals surface area contributed by atoms with E-state index in [1.807, 2.05) is 76.2 Å². The lowest BCUT2D eigenvalue weighted by atomic mass is 9.77. The van der Waals surface area contributed by atoms with Crippen LogP contribution in [0.4, 0.5) is 9.59 Å². The summed E-state index contributed by atoms with van der Waals surface area (Å²) >= 11 is 0. The minimum Gasteiger partial charge on any atom is -0.438 e. The molecule has 8 nitrogen and oxygen atoms in total. The first-order valence-electron chi connectivity index (χ1n) is 14.0. The standard InChI is InChI=1S/C15H30O4.C9H18O3.C8H18O.3CH4/c1-12(2,3)13(4,5)19-15(8,9)14(6,7)18-11(16)17-10;1-8(2,3)9(4,5)12-7(10)11-6;1-7(2,3)8(4,5)9-6;;;/h1-10H3;1-6H3;1-6H3;3*1H4. The second kappa shape index (κ2) is 18.4. The van der Waals surface area contributed by atoms with Crippen molar-refractivity contribution in [2.75, 3.05) is 21.3 Å². The molecule has 0 bridgehead atoms. The highest BCUT2D eigenvalue weighted by molar-refractivity contribution is 5.60. The summed E-state index contributed by atoms with van der Waals surface area (Å²) in [5, 5.41) is 0. The first-order valence-corrected chi connectivity index (χ1v) is 14.0. The zero-order valence-corrected chi connectivity index (χ0v) is 30.3. The van der Waals surface area contributed by atoms with Crippen LogP contribution < -0.4 is 0 Å². The highest BCUT2D eigenvalue weighted by atomic mass is 16.7. The van der Waals surface area contributed by atoms with E-state index in [4.69, 9.17) is 18.9 Å². The quantitative estimate of drug-likeness (QED) is 0.269. The maximum absolute atomic E-state index is 11.3. The van der Waals surface area contributed by atoms with Gasteiger partial charge in [0.2, 0.25) is 0 Å². The van der Waals surface area contributed by atoms with Crippen molar-refractivity contribution in [1.82, 2.24) is 0 Å². The summed E-state index contributed by atoms with van der Waals surface area (Å²) in [4.78, 5) is 22.2. The predicted octanol–water partition coefficient (Wildman–Crippen LogP) is 11.1. The molecule has 266 valence electrons.